The number of aryl methyl sites for hydroxylation is 1. The van der Waals surface area contributed by atoms with Crippen LogP contribution in [-0.4, -0.2) is 27.3 Å². The monoisotopic (exact) mass is 242 g/mol. The van der Waals surface area contributed by atoms with E-state index in [-0.39, 0.29) is 11.4 Å². The third kappa shape index (κ3) is 2.44. The zero-order chi connectivity index (χ0) is 11.5. The first-order chi connectivity index (χ1) is 7.70. The third-order valence-corrected chi connectivity index (χ3v) is 3.04. The first-order valence-electron chi connectivity index (χ1n) is 5.57. The van der Waals surface area contributed by atoms with E-state index in [2.05, 4.69) is 9.97 Å². The normalized spacial score (nSPS) is 24.7. The maximum atomic E-state index is 9.68. The molecule has 1 aromatic heterocycles. The smallest absolute Gasteiger partial charge is 0.225 e. The minimum Gasteiger partial charge on any atom is -0.471 e. The van der Waals surface area contributed by atoms with Crippen LogP contribution in [0.2, 0.25) is 5.28 Å². The molecule has 5 heteroatoms. The van der Waals surface area contributed by atoms with Crippen LogP contribution in [0.3, 0.4) is 0 Å². The molecule has 1 saturated carbocycles. The van der Waals surface area contributed by atoms with Gasteiger partial charge in [-0.3, -0.25) is 0 Å². The molecule has 0 aliphatic heterocycles. The Morgan fingerprint density at radius 2 is 2.38 bits per heavy atom. The fourth-order valence-electron chi connectivity index (χ4n) is 1.90. The molecule has 0 bridgehead atoms. The minimum atomic E-state index is -0.390. The van der Waals surface area contributed by atoms with Crippen LogP contribution in [0.15, 0.2) is 6.20 Å². The Labute approximate surface area is 99.6 Å². The number of hydrogen-bond donors (Lipinski definition) is 1. The van der Waals surface area contributed by atoms with Crippen molar-refractivity contribution in [2.75, 3.05) is 0 Å². The molecule has 88 valence electrons. The summed E-state index contributed by atoms with van der Waals surface area (Å²) in [6.07, 6.45) is 4.57. The highest BCUT2D eigenvalue weighted by Gasteiger charge is 2.28. The Kier molecular flexibility index (Phi) is 3.61. The SMILES string of the molecule is CCc1cnc(Cl)nc1O[C@H]1CCC[C@H]1O. The molecule has 1 aliphatic carbocycles. The van der Waals surface area contributed by atoms with Crippen LogP contribution in [0.4, 0.5) is 0 Å². The van der Waals surface area contributed by atoms with Gasteiger partial charge in [0, 0.05) is 11.8 Å². The average molecular weight is 243 g/mol. The van der Waals surface area contributed by atoms with E-state index in [1.165, 1.54) is 0 Å². The van der Waals surface area contributed by atoms with Gasteiger partial charge in [0.2, 0.25) is 11.2 Å². The van der Waals surface area contributed by atoms with Crippen LogP contribution < -0.4 is 4.74 Å². The fourth-order valence-corrected chi connectivity index (χ4v) is 2.03. The first kappa shape index (κ1) is 11.6. The third-order valence-electron chi connectivity index (χ3n) is 2.86. The predicted octanol–water partition coefficient (Wildman–Crippen LogP) is 1.98. The molecule has 2 rings (SSSR count). The summed E-state index contributed by atoms with van der Waals surface area (Å²) in [6, 6.07) is 0. The molecule has 1 heterocycles. The zero-order valence-electron chi connectivity index (χ0n) is 9.19. The first-order valence-corrected chi connectivity index (χ1v) is 5.94. The Hall–Kier alpha value is -0.870. The quantitative estimate of drug-likeness (QED) is 0.824. The van der Waals surface area contributed by atoms with Crippen LogP contribution in [0.5, 0.6) is 5.88 Å². The van der Waals surface area contributed by atoms with Gasteiger partial charge in [-0.15, -0.1) is 0 Å². The topological polar surface area (TPSA) is 55.2 Å². The number of halogens is 1. The van der Waals surface area contributed by atoms with Gasteiger partial charge in [-0.25, -0.2) is 4.98 Å². The molecule has 4 nitrogen and oxygen atoms in total. The summed E-state index contributed by atoms with van der Waals surface area (Å²) < 4.78 is 5.70. The van der Waals surface area contributed by atoms with E-state index < -0.39 is 6.10 Å². The number of nitrogens with zero attached hydrogens (tertiary/aromatic N) is 2. The summed E-state index contributed by atoms with van der Waals surface area (Å²) in [6.45, 7) is 2.00. The van der Waals surface area contributed by atoms with E-state index in [1.54, 1.807) is 6.20 Å². The second-order valence-corrected chi connectivity index (χ2v) is 4.32. The van der Waals surface area contributed by atoms with Gasteiger partial charge in [0.1, 0.15) is 6.10 Å². The van der Waals surface area contributed by atoms with Crippen molar-refractivity contribution in [2.24, 2.45) is 0 Å². The van der Waals surface area contributed by atoms with Crippen molar-refractivity contribution in [2.45, 2.75) is 44.8 Å². The van der Waals surface area contributed by atoms with Crippen LogP contribution in [0.25, 0.3) is 0 Å². The molecule has 0 saturated heterocycles. The lowest BCUT2D eigenvalue weighted by Gasteiger charge is -2.17. The summed E-state index contributed by atoms with van der Waals surface area (Å²) in [5.41, 5.74) is 0.920. The number of hydrogen-bond acceptors (Lipinski definition) is 4. The summed E-state index contributed by atoms with van der Waals surface area (Å²) in [5, 5.41) is 9.86. The fraction of sp³-hybridized carbons (Fsp3) is 0.636. The van der Waals surface area contributed by atoms with Gasteiger partial charge in [-0.1, -0.05) is 6.92 Å². The van der Waals surface area contributed by atoms with Crippen LogP contribution in [-0.2, 0) is 6.42 Å². The van der Waals surface area contributed by atoms with Crippen molar-refractivity contribution >= 4 is 11.6 Å². The Bertz CT molecular complexity index is 373. The Balaban J connectivity index is 2.16. The van der Waals surface area contributed by atoms with Crippen molar-refractivity contribution in [3.8, 4) is 5.88 Å². The molecule has 0 amide bonds. The van der Waals surface area contributed by atoms with E-state index in [0.29, 0.717) is 5.88 Å². The van der Waals surface area contributed by atoms with E-state index in [4.69, 9.17) is 16.3 Å². The highest BCUT2D eigenvalue weighted by Crippen LogP contribution is 2.26. The van der Waals surface area contributed by atoms with E-state index in [1.807, 2.05) is 6.92 Å². The second kappa shape index (κ2) is 4.97. The molecule has 0 aromatic carbocycles. The molecular formula is C11H15ClN2O2. The molecule has 0 radical (unpaired) electrons. The van der Waals surface area contributed by atoms with Gasteiger partial charge in [-0.05, 0) is 37.3 Å². The van der Waals surface area contributed by atoms with E-state index in [9.17, 15) is 5.11 Å². The molecule has 1 aliphatic rings. The second-order valence-electron chi connectivity index (χ2n) is 3.98. The summed E-state index contributed by atoms with van der Waals surface area (Å²) >= 11 is 5.73. The molecule has 1 N–H and O–H groups in total. The van der Waals surface area contributed by atoms with Gasteiger partial charge in [0.25, 0.3) is 0 Å². The molecule has 2 atom stereocenters. The molecule has 16 heavy (non-hydrogen) atoms. The molecule has 0 unspecified atom stereocenters. The van der Waals surface area contributed by atoms with E-state index >= 15 is 0 Å². The van der Waals surface area contributed by atoms with Gasteiger partial charge in [-0.2, -0.15) is 4.98 Å². The number of aliphatic hydroxyl groups excluding tert-OH is 1. The van der Waals surface area contributed by atoms with Crippen molar-refractivity contribution in [1.29, 1.82) is 0 Å². The Morgan fingerprint density at radius 1 is 1.56 bits per heavy atom. The number of ether oxygens (including phenoxy) is 1. The highest BCUT2D eigenvalue weighted by molar-refractivity contribution is 6.28. The lowest BCUT2D eigenvalue weighted by Crippen LogP contribution is -2.26. The van der Waals surface area contributed by atoms with Crippen LogP contribution in [0.1, 0.15) is 31.7 Å². The maximum Gasteiger partial charge on any atom is 0.225 e. The van der Waals surface area contributed by atoms with Gasteiger partial charge >= 0.3 is 0 Å². The molecule has 1 fully saturated rings. The van der Waals surface area contributed by atoms with E-state index in [0.717, 1.165) is 31.2 Å². The lowest BCUT2D eigenvalue weighted by molar-refractivity contribution is 0.0567. The lowest BCUT2D eigenvalue weighted by atomic mass is 10.2. The zero-order valence-corrected chi connectivity index (χ0v) is 9.94. The summed E-state index contributed by atoms with van der Waals surface area (Å²) in [7, 11) is 0. The minimum absolute atomic E-state index is 0.156. The standard InChI is InChI=1S/C11H15ClN2O2/c1-2-7-6-13-11(12)14-10(7)16-9-5-3-4-8(9)15/h6,8-9,15H,2-5H2,1H3/t8-,9+/m1/s1. The highest BCUT2D eigenvalue weighted by atomic mass is 35.5. The number of aromatic nitrogens is 2. The summed E-state index contributed by atoms with van der Waals surface area (Å²) in [4.78, 5) is 7.98. The maximum absolute atomic E-state index is 9.68. The van der Waals surface area contributed by atoms with Gasteiger partial charge in [0.05, 0.1) is 6.10 Å². The van der Waals surface area contributed by atoms with Crippen molar-refractivity contribution in [1.82, 2.24) is 9.97 Å². The van der Waals surface area contributed by atoms with Crippen molar-refractivity contribution in [3.63, 3.8) is 0 Å². The number of aliphatic hydroxyl groups is 1. The average Bonchev–Trinajstić information content (AvgIpc) is 2.65. The van der Waals surface area contributed by atoms with Crippen molar-refractivity contribution < 1.29 is 9.84 Å². The van der Waals surface area contributed by atoms with Gasteiger partial charge in [0.15, 0.2) is 0 Å². The largest absolute Gasteiger partial charge is 0.471 e. The summed E-state index contributed by atoms with van der Waals surface area (Å²) in [5.74, 6) is 0.508. The Morgan fingerprint density at radius 3 is 3.00 bits per heavy atom. The van der Waals surface area contributed by atoms with Crippen LogP contribution in [0, 0.1) is 0 Å². The number of rotatable bonds is 3. The molecular weight excluding hydrogens is 228 g/mol. The predicted molar refractivity (Wildman–Crippen MR) is 60.7 cm³/mol. The molecule has 0 spiro atoms. The van der Waals surface area contributed by atoms with Gasteiger partial charge < -0.3 is 9.84 Å². The molecule has 1 aromatic rings. The van der Waals surface area contributed by atoms with Crippen molar-refractivity contribution in [3.05, 3.63) is 17.0 Å². The van der Waals surface area contributed by atoms with Crippen LogP contribution >= 0.6 is 11.6 Å².